The highest BCUT2D eigenvalue weighted by Gasteiger charge is 2.51. The van der Waals surface area contributed by atoms with E-state index in [1.54, 1.807) is 0 Å². The number of rotatable bonds is 70. The Labute approximate surface area is 594 Å². The minimum Gasteiger partial charge on any atom is -0.394 e. The van der Waals surface area contributed by atoms with Crippen molar-refractivity contribution < 1.29 is 64.6 Å². The Balaban J connectivity index is 1.59. The summed E-state index contributed by atoms with van der Waals surface area (Å²) in [5.41, 5.74) is 0. The number of carbonyl (C=O) groups is 1. The molecular weight excluding hydrogens is 1220 g/mol. The van der Waals surface area contributed by atoms with Crippen molar-refractivity contribution in [1.82, 2.24) is 5.32 Å². The lowest BCUT2D eigenvalue weighted by atomic mass is 9.97. The molecule has 2 rings (SSSR count). The maximum absolute atomic E-state index is 13.4. The first-order chi connectivity index (χ1) is 47.6. The van der Waals surface area contributed by atoms with Gasteiger partial charge in [0.05, 0.1) is 32.0 Å². The van der Waals surface area contributed by atoms with Crippen molar-refractivity contribution in [3.8, 4) is 0 Å². The molecule has 0 aromatic heterocycles. The fraction of sp³-hybridized carbons (Fsp3) is 0.892. The minimum absolute atomic E-state index is 0.200. The Morgan fingerprint density at radius 3 is 1.09 bits per heavy atom. The number of hydrogen-bond donors (Lipinski definition) is 9. The Bertz CT molecular complexity index is 1810. The Morgan fingerprint density at radius 2 is 0.711 bits per heavy atom. The van der Waals surface area contributed by atoms with Crippen LogP contribution in [0.3, 0.4) is 0 Å². The number of hydrogen-bond acceptors (Lipinski definition) is 13. The number of aliphatic hydroxyl groups is 8. The van der Waals surface area contributed by atoms with E-state index in [1.807, 2.05) is 0 Å². The number of ether oxygens (including phenoxy) is 4. The number of amides is 1. The van der Waals surface area contributed by atoms with Crippen LogP contribution in [0, 0.1) is 0 Å². The van der Waals surface area contributed by atoms with Gasteiger partial charge >= 0.3 is 0 Å². The molecule has 2 heterocycles. The first-order valence-electron chi connectivity index (χ1n) is 41.4. The summed E-state index contributed by atoms with van der Waals surface area (Å²) in [5.74, 6) is -0.200. The zero-order chi connectivity index (χ0) is 70.1. The average molecular weight is 1380 g/mol. The quantitative estimate of drug-likeness (QED) is 0.0204. The molecule has 2 aliphatic heterocycles. The van der Waals surface area contributed by atoms with E-state index >= 15 is 0 Å². The molecule has 0 saturated carbocycles. The summed E-state index contributed by atoms with van der Waals surface area (Å²) in [6.45, 7) is 2.82. The third-order valence-electron chi connectivity index (χ3n) is 20.3. The van der Waals surface area contributed by atoms with Crippen molar-refractivity contribution in [2.45, 2.75) is 453 Å². The van der Waals surface area contributed by atoms with Gasteiger partial charge in [0.1, 0.15) is 48.8 Å². The van der Waals surface area contributed by atoms with Crippen LogP contribution in [-0.4, -0.2) is 140 Å². The molecule has 0 bridgehead atoms. The van der Waals surface area contributed by atoms with Gasteiger partial charge in [-0.25, -0.2) is 0 Å². The molecule has 12 atom stereocenters. The van der Waals surface area contributed by atoms with E-state index in [2.05, 4.69) is 67.8 Å². The Kier molecular flexibility index (Phi) is 63.0. The fourth-order valence-electron chi connectivity index (χ4n) is 13.8. The second-order valence-electron chi connectivity index (χ2n) is 29.2. The molecule has 2 saturated heterocycles. The lowest BCUT2D eigenvalue weighted by Gasteiger charge is -2.46. The van der Waals surface area contributed by atoms with Crippen LogP contribution < -0.4 is 5.32 Å². The zero-order valence-electron chi connectivity index (χ0n) is 62.6. The van der Waals surface area contributed by atoms with Crippen LogP contribution in [0.15, 0.2) is 48.6 Å². The Hall–Kier alpha value is -2.05. The molecule has 2 fully saturated rings. The Morgan fingerprint density at radius 1 is 0.381 bits per heavy atom. The van der Waals surface area contributed by atoms with Gasteiger partial charge in [0.2, 0.25) is 5.91 Å². The van der Waals surface area contributed by atoms with Crippen molar-refractivity contribution in [2.24, 2.45) is 0 Å². The van der Waals surface area contributed by atoms with Gasteiger partial charge in [-0.2, -0.15) is 0 Å². The summed E-state index contributed by atoms with van der Waals surface area (Å²) in [7, 11) is 0. The molecule has 14 heteroatoms. The zero-order valence-corrected chi connectivity index (χ0v) is 62.6. The molecule has 2 aliphatic rings. The highest BCUT2D eigenvalue weighted by Crippen LogP contribution is 2.31. The summed E-state index contributed by atoms with van der Waals surface area (Å²) in [4.78, 5) is 13.4. The van der Waals surface area contributed by atoms with E-state index in [0.717, 1.165) is 77.0 Å². The molecule has 0 aliphatic carbocycles. The van der Waals surface area contributed by atoms with Crippen molar-refractivity contribution >= 4 is 5.91 Å². The minimum atomic E-state index is -1.78. The van der Waals surface area contributed by atoms with E-state index in [-0.39, 0.29) is 12.5 Å². The number of unbranched alkanes of at least 4 members (excludes halogenated alkanes) is 49. The van der Waals surface area contributed by atoms with Crippen molar-refractivity contribution in [3.63, 3.8) is 0 Å². The summed E-state index contributed by atoms with van der Waals surface area (Å²) in [6, 6.07) is -0.831. The van der Waals surface area contributed by atoms with Gasteiger partial charge in [-0.3, -0.25) is 4.79 Å². The third-order valence-corrected chi connectivity index (χ3v) is 20.3. The summed E-state index contributed by atoms with van der Waals surface area (Å²) in [5, 5.41) is 87.9. The summed E-state index contributed by atoms with van der Waals surface area (Å²) >= 11 is 0. The first-order valence-corrected chi connectivity index (χ1v) is 41.4. The smallest absolute Gasteiger partial charge is 0.220 e. The van der Waals surface area contributed by atoms with E-state index in [1.165, 1.54) is 276 Å². The SMILES string of the molecule is CC/C=C\C/C=C\C/C=C\C/C=C\CCCCCCCCCCCCCCCCCCCCC(=O)NC(COC1OC(CO)C(OC2OC(CO)C(O)C(O)C2O)C(O)C1O)C(O)CCCCCCCCCCCCCCCCCCCCCCCCCCCCCCCCCC. The lowest BCUT2D eigenvalue weighted by Crippen LogP contribution is -2.65. The van der Waals surface area contributed by atoms with Crippen LogP contribution >= 0.6 is 0 Å². The predicted molar refractivity (Wildman–Crippen MR) is 401 cm³/mol. The molecule has 12 unspecified atom stereocenters. The van der Waals surface area contributed by atoms with Gasteiger partial charge < -0.3 is 65.1 Å². The monoisotopic (exact) mass is 1370 g/mol. The van der Waals surface area contributed by atoms with Gasteiger partial charge in [0.15, 0.2) is 12.6 Å². The lowest BCUT2D eigenvalue weighted by molar-refractivity contribution is -0.359. The summed E-state index contributed by atoms with van der Waals surface area (Å²) < 4.78 is 23.0. The number of carbonyl (C=O) groups excluding carboxylic acids is 1. The molecule has 0 aromatic rings. The van der Waals surface area contributed by atoms with E-state index in [4.69, 9.17) is 18.9 Å². The van der Waals surface area contributed by atoms with Crippen LogP contribution in [0.1, 0.15) is 380 Å². The molecule has 570 valence electrons. The average Bonchev–Trinajstić information content (AvgIpc) is 0.794. The largest absolute Gasteiger partial charge is 0.394 e. The molecule has 14 nitrogen and oxygen atoms in total. The van der Waals surface area contributed by atoms with E-state index in [0.29, 0.717) is 12.8 Å². The molecule has 0 aromatic carbocycles. The van der Waals surface area contributed by atoms with Crippen molar-refractivity contribution in [3.05, 3.63) is 48.6 Å². The highest BCUT2D eigenvalue weighted by atomic mass is 16.7. The maximum atomic E-state index is 13.4. The number of nitrogens with one attached hydrogen (secondary N) is 1. The van der Waals surface area contributed by atoms with Crippen LogP contribution in [0.4, 0.5) is 0 Å². The van der Waals surface area contributed by atoms with Gasteiger partial charge in [0.25, 0.3) is 0 Å². The second kappa shape index (κ2) is 67.1. The van der Waals surface area contributed by atoms with Crippen molar-refractivity contribution in [1.29, 1.82) is 0 Å². The van der Waals surface area contributed by atoms with Crippen LogP contribution in [0.2, 0.25) is 0 Å². The second-order valence-corrected chi connectivity index (χ2v) is 29.2. The van der Waals surface area contributed by atoms with Gasteiger partial charge in [-0.1, -0.05) is 371 Å². The maximum Gasteiger partial charge on any atom is 0.220 e. The van der Waals surface area contributed by atoms with Gasteiger partial charge in [-0.15, -0.1) is 0 Å². The number of allylic oxidation sites excluding steroid dienone is 8. The molecule has 0 spiro atoms. The topological polar surface area (TPSA) is 228 Å². The van der Waals surface area contributed by atoms with E-state index in [9.17, 15) is 45.6 Å². The van der Waals surface area contributed by atoms with Crippen LogP contribution in [0.25, 0.3) is 0 Å². The highest BCUT2D eigenvalue weighted by molar-refractivity contribution is 5.76. The van der Waals surface area contributed by atoms with E-state index < -0.39 is 86.8 Å². The fourth-order valence-corrected chi connectivity index (χ4v) is 13.8. The third kappa shape index (κ3) is 50.1. The summed E-state index contributed by atoms with van der Waals surface area (Å²) in [6.07, 6.45) is 73.0. The molecular formula is C83H155NO13. The van der Waals surface area contributed by atoms with Gasteiger partial charge in [-0.05, 0) is 51.4 Å². The number of aliphatic hydroxyl groups excluding tert-OH is 8. The normalized spacial score (nSPS) is 22.3. The molecule has 0 radical (unpaired) electrons. The van der Waals surface area contributed by atoms with Crippen LogP contribution in [0.5, 0.6) is 0 Å². The molecule has 9 N–H and O–H groups in total. The molecule has 1 amide bonds. The van der Waals surface area contributed by atoms with Crippen LogP contribution in [-0.2, 0) is 23.7 Å². The van der Waals surface area contributed by atoms with Gasteiger partial charge in [0, 0.05) is 6.42 Å². The predicted octanol–water partition coefficient (Wildman–Crippen LogP) is 19.0. The molecule has 97 heavy (non-hydrogen) atoms. The van der Waals surface area contributed by atoms with Crippen molar-refractivity contribution in [2.75, 3.05) is 19.8 Å². The first kappa shape index (κ1) is 91.0. The standard InChI is InChI=1S/C83H155NO13/c1-3-5-7-9-11-13-15-17-19-21-23-25-27-29-31-33-35-37-38-40-42-44-46-48-50-52-54-56-58-60-62-64-66-72(87)71(70-94-82-80(93)78(91)81(74(69-86)96-82)97-83-79(92)77(90)76(89)73(68-85)95-83)84-75(88)67-65-63-61-59-57-55-53-51-49-47-45-43-41-39-36-34-32-30-28-26-24-22-20-18-16-14-12-10-8-6-4-2/h6,8,12,14,18,20,24,26,71-74,76-83,85-87,89-93H,3-5,7,9-11,13,15-17,19,21-23,25,27-70H2,1-2H3,(H,84,88)/b8-6-,14-12-,20-18-,26-24-.